The van der Waals surface area contributed by atoms with E-state index in [1.807, 2.05) is 0 Å². The number of carbonyl (C=O) groups excluding carboxylic acids is 1. The van der Waals surface area contributed by atoms with E-state index in [9.17, 15) is 4.79 Å². The Balaban J connectivity index is 2.90. The molecular weight excluding hydrogens is 116 g/mol. The van der Waals surface area contributed by atoms with Gasteiger partial charge in [0.2, 0.25) is 0 Å². The van der Waals surface area contributed by atoms with E-state index < -0.39 is 0 Å². The molecule has 1 aliphatic rings. The first-order valence-corrected chi connectivity index (χ1v) is 2.55. The second-order valence-corrected chi connectivity index (χ2v) is 1.70. The number of nitrogens with zero attached hydrogens (tertiary/aromatic N) is 1. The van der Waals surface area contributed by atoms with Crippen LogP contribution in [0.3, 0.4) is 0 Å². The van der Waals surface area contributed by atoms with E-state index in [0.29, 0.717) is 5.57 Å². The quantitative estimate of drug-likeness (QED) is 0.447. The second kappa shape index (κ2) is 2.40. The molecule has 0 fully saturated rings. The minimum Gasteiger partial charge on any atom is -0.319 e. The first kappa shape index (κ1) is 5.95. The van der Waals surface area contributed by atoms with Crippen LogP contribution in [0, 0.1) is 0 Å². The first-order chi connectivity index (χ1) is 4.34. The van der Waals surface area contributed by atoms with Crippen molar-refractivity contribution in [1.82, 2.24) is 0 Å². The maximum Gasteiger partial charge on any atom is 0.130 e. The maximum absolute atomic E-state index is 10.0. The van der Waals surface area contributed by atoms with Gasteiger partial charge in [0.25, 0.3) is 0 Å². The topological polar surface area (TPSA) is 55.4 Å². The van der Waals surface area contributed by atoms with Gasteiger partial charge in [0.05, 0.1) is 11.6 Å². The van der Waals surface area contributed by atoms with Gasteiger partial charge in [-0.2, -0.15) is 0 Å². The summed E-state index contributed by atoms with van der Waals surface area (Å²) in [5, 5.41) is 0. The molecular formula is C6H6N2O. The highest BCUT2D eigenvalue weighted by atomic mass is 16.1. The van der Waals surface area contributed by atoms with Crippen molar-refractivity contribution >= 4 is 12.2 Å². The average Bonchev–Trinajstić information content (AvgIpc) is 1.89. The van der Waals surface area contributed by atoms with Gasteiger partial charge in [-0.15, -0.1) is 0 Å². The smallest absolute Gasteiger partial charge is 0.130 e. The molecule has 1 rings (SSSR count). The molecule has 1 aliphatic heterocycles. The van der Waals surface area contributed by atoms with E-state index in [2.05, 4.69) is 4.99 Å². The van der Waals surface area contributed by atoms with Crippen molar-refractivity contribution in [3.63, 3.8) is 0 Å². The van der Waals surface area contributed by atoms with Crippen molar-refractivity contribution in [3.8, 4) is 0 Å². The van der Waals surface area contributed by atoms with Crippen LogP contribution in [0.1, 0.15) is 0 Å². The summed E-state index contributed by atoms with van der Waals surface area (Å²) < 4.78 is 0. The van der Waals surface area contributed by atoms with Crippen LogP contribution in [0.15, 0.2) is 22.8 Å². The molecule has 46 valence electrons. The summed E-state index contributed by atoms with van der Waals surface area (Å²) in [4.78, 5) is 13.7. The van der Waals surface area contributed by atoms with Crippen LogP contribution in [0.25, 0.3) is 0 Å². The Morgan fingerprint density at radius 3 is 3.00 bits per heavy atom. The van der Waals surface area contributed by atoms with Gasteiger partial charge in [0, 0.05) is 12.4 Å². The van der Waals surface area contributed by atoms with E-state index in [1.165, 1.54) is 12.4 Å². The summed E-state index contributed by atoms with van der Waals surface area (Å²) in [6, 6.07) is -0.368. The van der Waals surface area contributed by atoms with Gasteiger partial charge in [-0.1, -0.05) is 0 Å². The van der Waals surface area contributed by atoms with Gasteiger partial charge in [-0.25, -0.2) is 4.79 Å². The zero-order valence-corrected chi connectivity index (χ0v) is 4.74. The Kier molecular flexibility index (Phi) is 1.58. The van der Waals surface area contributed by atoms with Gasteiger partial charge < -0.3 is 5.73 Å². The lowest BCUT2D eigenvalue weighted by molar-refractivity contribution is 0.567. The van der Waals surface area contributed by atoms with Crippen molar-refractivity contribution < 1.29 is 4.79 Å². The van der Waals surface area contributed by atoms with E-state index in [-0.39, 0.29) is 6.04 Å². The lowest BCUT2D eigenvalue weighted by Crippen LogP contribution is -2.24. The normalized spacial score (nSPS) is 24.1. The van der Waals surface area contributed by atoms with Crippen LogP contribution in [0.4, 0.5) is 0 Å². The fourth-order valence-corrected chi connectivity index (χ4v) is 0.559. The van der Waals surface area contributed by atoms with Crippen molar-refractivity contribution in [2.75, 3.05) is 0 Å². The predicted molar refractivity (Wildman–Crippen MR) is 34.8 cm³/mol. The molecule has 0 radical (unpaired) electrons. The van der Waals surface area contributed by atoms with E-state index >= 15 is 0 Å². The van der Waals surface area contributed by atoms with Gasteiger partial charge in [0.15, 0.2) is 0 Å². The molecule has 1 atom stereocenters. The van der Waals surface area contributed by atoms with Crippen LogP contribution in [-0.2, 0) is 4.79 Å². The predicted octanol–water partition coefficient (Wildman–Crippen LogP) is -0.330. The number of aliphatic imine (C=N–C) groups is 1. The molecule has 0 aromatic carbocycles. The average molecular weight is 122 g/mol. The number of rotatable bonds is 0. The lowest BCUT2D eigenvalue weighted by atomic mass is 10.1. The highest BCUT2D eigenvalue weighted by Crippen LogP contribution is 1.99. The third-order valence-electron chi connectivity index (χ3n) is 1.06. The van der Waals surface area contributed by atoms with Gasteiger partial charge >= 0.3 is 0 Å². The Morgan fingerprint density at radius 2 is 2.56 bits per heavy atom. The van der Waals surface area contributed by atoms with Crippen molar-refractivity contribution in [2.45, 2.75) is 6.04 Å². The second-order valence-electron chi connectivity index (χ2n) is 1.70. The molecule has 0 spiro atoms. The molecule has 0 aromatic rings. The van der Waals surface area contributed by atoms with Crippen LogP contribution < -0.4 is 5.73 Å². The number of nitrogens with two attached hydrogens (primary N) is 1. The SMILES string of the molecule is NC1C=NC=CC1=C=O. The summed E-state index contributed by atoms with van der Waals surface area (Å²) in [5.74, 6) is 1.72. The van der Waals surface area contributed by atoms with Gasteiger partial charge in [0.1, 0.15) is 5.94 Å². The van der Waals surface area contributed by atoms with E-state index in [1.54, 1.807) is 12.0 Å². The highest BCUT2D eigenvalue weighted by molar-refractivity contribution is 5.78. The van der Waals surface area contributed by atoms with Crippen molar-refractivity contribution in [2.24, 2.45) is 10.7 Å². The molecule has 3 heteroatoms. The van der Waals surface area contributed by atoms with Crippen LogP contribution >= 0.6 is 0 Å². The monoisotopic (exact) mass is 122 g/mol. The van der Waals surface area contributed by atoms with E-state index in [4.69, 9.17) is 5.73 Å². The summed E-state index contributed by atoms with van der Waals surface area (Å²) in [6.45, 7) is 0. The number of hydrogen-bond acceptors (Lipinski definition) is 3. The van der Waals surface area contributed by atoms with E-state index in [0.717, 1.165) is 0 Å². The van der Waals surface area contributed by atoms with Gasteiger partial charge in [-0.3, -0.25) is 4.99 Å². The molecule has 0 aromatic heterocycles. The number of hydrogen-bond donors (Lipinski definition) is 1. The Hall–Kier alpha value is -1.18. The van der Waals surface area contributed by atoms with Crippen molar-refractivity contribution in [3.05, 3.63) is 17.8 Å². The summed E-state index contributed by atoms with van der Waals surface area (Å²) >= 11 is 0. The molecule has 0 amide bonds. The molecule has 9 heavy (non-hydrogen) atoms. The third-order valence-corrected chi connectivity index (χ3v) is 1.06. The van der Waals surface area contributed by atoms with Crippen LogP contribution in [0.5, 0.6) is 0 Å². The standard InChI is InChI=1S/C6H6N2O/c7-6-3-8-2-1-5(6)4-9/h1-3,6H,7H2. The molecule has 0 saturated heterocycles. The molecule has 3 nitrogen and oxygen atoms in total. The molecule has 0 bridgehead atoms. The molecule has 0 saturated carbocycles. The molecule has 2 N–H and O–H groups in total. The Labute approximate surface area is 52.6 Å². The zero-order valence-electron chi connectivity index (χ0n) is 4.74. The minimum atomic E-state index is -0.368. The highest BCUT2D eigenvalue weighted by Gasteiger charge is 2.05. The third kappa shape index (κ3) is 1.13. The fraction of sp³-hybridized carbons (Fsp3) is 0.167. The largest absolute Gasteiger partial charge is 0.319 e. The van der Waals surface area contributed by atoms with Crippen LogP contribution in [-0.4, -0.2) is 18.2 Å². The Bertz CT molecular complexity index is 211. The fourth-order valence-electron chi connectivity index (χ4n) is 0.559. The summed E-state index contributed by atoms with van der Waals surface area (Å²) in [7, 11) is 0. The van der Waals surface area contributed by atoms with Crippen molar-refractivity contribution in [1.29, 1.82) is 0 Å². The lowest BCUT2D eigenvalue weighted by Gasteiger charge is -2.04. The van der Waals surface area contributed by atoms with Crippen LogP contribution in [0.2, 0.25) is 0 Å². The zero-order chi connectivity index (χ0) is 6.69. The summed E-state index contributed by atoms with van der Waals surface area (Å²) in [5.41, 5.74) is 5.84. The minimum absolute atomic E-state index is 0.368. The van der Waals surface area contributed by atoms with Gasteiger partial charge in [-0.05, 0) is 6.08 Å². The molecule has 1 heterocycles. The summed E-state index contributed by atoms with van der Waals surface area (Å²) in [6.07, 6.45) is 4.57. The maximum atomic E-state index is 10.0. The Morgan fingerprint density at radius 1 is 1.78 bits per heavy atom. The molecule has 1 unspecified atom stereocenters. The first-order valence-electron chi connectivity index (χ1n) is 2.55. The molecule has 0 aliphatic carbocycles.